The van der Waals surface area contributed by atoms with Gasteiger partial charge in [0.15, 0.2) is 0 Å². The maximum atomic E-state index is 13.1. The molecule has 0 bridgehead atoms. The summed E-state index contributed by atoms with van der Waals surface area (Å²) in [4.78, 5) is 37.9. The third kappa shape index (κ3) is 4.43. The van der Waals surface area contributed by atoms with Gasteiger partial charge in [-0.1, -0.05) is 29.6 Å². The van der Waals surface area contributed by atoms with E-state index in [-0.39, 0.29) is 23.7 Å². The van der Waals surface area contributed by atoms with Crippen molar-refractivity contribution in [1.29, 1.82) is 0 Å². The maximum absolute atomic E-state index is 13.1. The van der Waals surface area contributed by atoms with Crippen LogP contribution >= 0.6 is 23.2 Å². The van der Waals surface area contributed by atoms with Crippen LogP contribution in [0.3, 0.4) is 0 Å². The molecular weight excluding hydrogens is 415 g/mol. The molecule has 10 heteroatoms. The van der Waals surface area contributed by atoms with Gasteiger partial charge in [0, 0.05) is 40.0 Å². The molecule has 0 aromatic carbocycles. The fourth-order valence-corrected chi connectivity index (χ4v) is 4.13. The van der Waals surface area contributed by atoms with E-state index in [1.807, 2.05) is 14.1 Å². The first-order chi connectivity index (χ1) is 13.7. The molecule has 1 saturated carbocycles. The average Bonchev–Trinajstić information content (AvgIpc) is 3.39. The zero-order valence-corrected chi connectivity index (χ0v) is 18.6. The Bertz CT molecular complexity index is 836. The van der Waals surface area contributed by atoms with Gasteiger partial charge in [0.25, 0.3) is 0 Å². The molecule has 158 valence electrons. The van der Waals surface area contributed by atoms with Gasteiger partial charge < -0.3 is 18.9 Å². The molecule has 2 atom stereocenters. The van der Waals surface area contributed by atoms with Gasteiger partial charge in [-0.2, -0.15) is 0 Å². The monoisotopic (exact) mass is 440 g/mol. The van der Waals surface area contributed by atoms with Crippen LogP contribution in [0, 0.1) is 11.8 Å². The number of aromatic nitrogens is 4. The number of imidazole rings is 2. The van der Waals surface area contributed by atoms with Gasteiger partial charge in [0.2, 0.25) is 11.8 Å². The summed E-state index contributed by atoms with van der Waals surface area (Å²) in [6.07, 6.45) is 5.41. The maximum Gasteiger partial charge on any atom is 0.226 e. The summed E-state index contributed by atoms with van der Waals surface area (Å²) in [5, 5.41) is 1.04. The van der Waals surface area contributed by atoms with Crippen molar-refractivity contribution < 1.29 is 9.59 Å². The van der Waals surface area contributed by atoms with E-state index in [0.29, 0.717) is 47.9 Å². The van der Waals surface area contributed by atoms with E-state index >= 15 is 0 Å². The molecule has 29 heavy (non-hydrogen) atoms. The van der Waals surface area contributed by atoms with Crippen LogP contribution in [-0.4, -0.2) is 54.8 Å². The summed E-state index contributed by atoms with van der Waals surface area (Å²) in [6, 6.07) is 0. The number of nitrogens with zero attached hydrogens (tertiary/aromatic N) is 6. The molecule has 2 heterocycles. The largest absolute Gasteiger partial charge is 0.338 e. The van der Waals surface area contributed by atoms with Gasteiger partial charge in [-0.3, -0.25) is 9.59 Å². The second-order valence-corrected chi connectivity index (χ2v) is 8.42. The Morgan fingerprint density at radius 2 is 1.31 bits per heavy atom. The Morgan fingerprint density at radius 3 is 1.62 bits per heavy atom. The standard InChI is InChI=1S/C19H26Cl2N6O2/c1-24(10-16-22-8-14(20)26(16)3)18(28)12-6-5-7-13(12)19(29)25(2)11-17-23-9-15(21)27(17)4/h8-9,12-13H,5-7,10-11H2,1-4H3. The number of halogens is 2. The predicted octanol–water partition coefficient (Wildman–Crippen LogP) is 2.49. The molecular formula is C19H26Cl2N6O2. The van der Waals surface area contributed by atoms with E-state index in [2.05, 4.69) is 9.97 Å². The van der Waals surface area contributed by atoms with E-state index in [1.54, 1.807) is 45.4 Å². The molecule has 1 fully saturated rings. The number of carbonyl (C=O) groups is 2. The van der Waals surface area contributed by atoms with Crippen LogP contribution in [0.1, 0.15) is 30.9 Å². The molecule has 2 aromatic heterocycles. The summed E-state index contributed by atoms with van der Waals surface area (Å²) in [7, 11) is 7.10. The third-order valence-corrected chi connectivity index (χ3v) is 6.42. The number of hydrogen-bond acceptors (Lipinski definition) is 4. The van der Waals surface area contributed by atoms with Gasteiger partial charge in [0.1, 0.15) is 22.0 Å². The van der Waals surface area contributed by atoms with Gasteiger partial charge in [-0.05, 0) is 12.8 Å². The Balaban J connectivity index is 1.66. The molecule has 0 aliphatic heterocycles. The second-order valence-electron chi connectivity index (χ2n) is 7.64. The van der Waals surface area contributed by atoms with E-state index in [0.717, 1.165) is 6.42 Å². The molecule has 2 aromatic rings. The lowest BCUT2D eigenvalue weighted by Crippen LogP contribution is -2.41. The lowest BCUT2D eigenvalue weighted by Gasteiger charge is -2.27. The minimum absolute atomic E-state index is 0.0339. The van der Waals surface area contributed by atoms with Crippen LogP contribution in [-0.2, 0) is 36.8 Å². The number of rotatable bonds is 6. The smallest absolute Gasteiger partial charge is 0.226 e. The van der Waals surface area contributed by atoms with Crippen molar-refractivity contribution in [3.8, 4) is 0 Å². The van der Waals surface area contributed by atoms with Gasteiger partial charge in [-0.15, -0.1) is 0 Å². The van der Waals surface area contributed by atoms with Crippen LogP contribution in [0.25, 0.3) is 0 Å². The lowest BCUT2D eigenvalue weighted by atomic mass is 9.93. The molecule has 8 nitrogen and oxygen atoms in total. The van der Waals surface area contributed by atoms with Crippen LogP contribution in [0.5, 0.6) is 0 Å². The first kappa shape index (κ1) is 21.6. The Morgan fingerprint density at radius 1 is 0.931 bits per heavy atom. The van der Waals surface area contributed by atoms with Crippen molar-refractivity contribution in [2.45, 2.75) is 32.4 Å². The molecule has 1 aliphatic rings. The topological polar surface area (TPSA) is 76.3 Å². The molecule has 0 spiro atoms. The number of carbonyl (C=O) groups excluding carboxylic acids is 2. The Kier molecular flexibility index (Phi) is 6.53. The SMILES string of the molecule is CN(Cc1ncc(Cl)n1C)C(=O)C1CCCC1C(=O)N(C)Cc1ncc(Cl)n1C. The normalized spacial score (nSPS) is 18.8. The lowest BCUT2D eigenvalue weighted by molar-refractivity contribution is -0.144. The summed E-state index contributed by atoms with van der Waals surface area (Å²) >= 11 is 12.1. The van der Waals surface area contributed by atoms with Gasteiger partial charge in [0.05, 0.1) is 25.5 Å². The third-order valence-electron chi connectivity index (χ3n) is 5.72. The van der Waals surface area contributed by atoms with E-state index in [1.165, 1.54) is 0 Å². The van der Waals surface area contributed by atoms with Gasteiger partial charge >= 0.3 is 0 Å². The number of amides is 2. The van der Waals surface area contributed by atoms with Crippen LogP contribution < -0.4 is 0 Å². The van der Waals surface area contributed by atoms with E-state index in [9.17, 15) is 9.59 Å². The van der Waals surface area contributed by atoms with E-state index < -0.39 is 0 Å². The minimum atomic E-state index is -0.323. The Hall–Kier alpha value is -2.06. The molecule has 0 N–H and O–H groups in total. The van der Waals surface area contributed by atoms with Gasteiger partial charge in [-0.25, -0.2) is 9.97 Å². The van der Waals surface area contributed by atoms with Crippen LogP contribution in [0.4, 0.5) is 0 Å². The molecule has 0 radical (unpaired) electrons. The van der Waals surface area contributed by atoms with Crippen molar-refractivity contribution in [2.24, 2.45) is 25.9 Å². The fraction of sp³-hybridized carbons (Fsp3) is 0.579. The summed E-state index contributed by atoms with van der Waals surface area (Å²) in [5.74, 6) is 0.694. The second kappa shape index (κ2) is 8.75. The van der Waals surface area contributed by atoms with Crippen molar-refractivity contribution in [3.05, 3.63) is 34.3 Å². The summed E-state index contributed by atoms with van der Waals surface area (Å²) in [5.41, 5.74) is 0. The van der Waals surface area contributed by atoms with E-state index in [4.69, 9.17) is 23.2 Å². The zero-order chi connectivity index (χ0) is 21.3. The summed E-state index contributed by atoms with van der Waals surface area (Å²) in [6.45, 7) is 0.697. The van der Waals surface area contributed by atoms with Crippen molar-refractivity contribution in [2.75, 3.05) is 14.1 Å². The first-order valence-corrected chi connectivity index (χ1v) is 10.3. The highest BCUT2D eigenvalue weighted by Gasteiger charge is 2.40. The fourth-order valence-electron chi connectivity index (χ4n) is 3.84. The highest BCUT2D eigenvalue weighted by atomic mass is 35.5. The van der Waals surface area contributed by atoms with Crippen LogP contribution in [0.15, 0.2) is 12.4 Å². The quantitative estimate of drug-likeness (QED) is 0.691. The number of hydrogen-bond donors (Lipinski definition) is 0. The first-order valence-electron chi connectivity index (χ1n) is 9.52. The molecule has 2 unspecified atom stereocenters. The van der Waals surface area contributed by atoms with Crippen molar-refractivity contribution >= 4 is 35.0 Å². The molecule has 0 saturated heterocycles. The molecule has 3 rings (SSSR count). The predicted molar refractivity (Wildman–Crippen MR) is 110 cm³/mol. The minimum Gasteiger partial charge on any atom is -0.338 e. The van der Waals surface area contributed by atoms with Crippen molar-refractivity contribution in [1.82, 2.24) is 28.9 Å². The highest BCUT2D eigenvalue weighted by molar-refractivity contribution is 6.29. The Labute approximate surface area is 180 Å². The molecule has 1 aliphatic carbocycles. The summed E-state index contributed by atoms with van der Waals surface area (Å²) < 4.78 is 3.49. The zero-order valence-electron chi connectivity index (χ0n) is 17.1. The van der Waals surface area contributed by atoms with Crippen LogP contribution in [0.2, 0.25) is 10.3 Å². The average molecular weight is 441 g/mol. The highest BCUT2D eigenvalue weighted by Crippen LogP contribution is 2.35. The van der Waals surface area contributed by atoms with Crippen molar-refractivity contribution in [3.63, 3.8) is 0 Å². The molecule has 2 amide bonds.